The van der Waals surface area contributed by atoms with Gasteiger partial charge in [0.05, 0.1) is 43.4 Å². The molecule has 0 spiro atoms. The van der Waals surface area contributed by atoms with Gasteiger partial charge < -0.3 is 19.4 Å². The predicted octanol–water partition coefficient (Wildman–Crippen LogP) is 5.82. The number of benzene rings is 2. The first kappa shape index (κ1) is 33.6. The number of hydrazone groups is 1. The van der Waals surface area contributed by atoms with Gasteiger partial charge in [0.25, 0.3) is 5.91 Å². The molecular formula is C34H41N7O5. The molecule has 0 aliphatic carbocycles. The SMILES string of the molecule is CCCCCCOC(=O)N/N=C/c1ccc(NCc2nc3cc(C(=O)N(CCC(=O)OCC)c4ccccn4)ccc3n2C)cc1. The van der Waals surface area contributed by atoms with E-state index in [1.54, 1.807) is 49.7 Å². The number of ether oxygens (including phenoxy) is 2. The lowest BCUT2D eigenvalue weighted by Gasteiger charge is -2.21. The van der Waals surface area contributed by atoms with Crippen LogP contribution in [0.4, 0.5) is 16.3 Å². The van der Waals surface area contributed by atoms with Gasteiger partial charge in [-0.15, -0.1) is 0 Å². The lowest BCUT2D eigenvalue weighted by molar-refractivity contribution is -0.142. The van der Waals surface area contributed by atoms with Gasteiger partial charge in [0.1, 0.15) is 11.6 Å². The molecule has 12 heteroatoms. The fourth-order valence-electron chi connectivity index (χ4n) is 4.72. The molecule has 0 atom stereocenters. The fourth-order valence-corrected chi connectivity index (χ4v) is 4.72. The van der Waals surface area contributed by atoms with Crippen molar-refractivity contribution in [3.63, 3.8) is 0 Å². The van der Waals surface area contributed by atoms with Gasteiger partial charge in [-0.2, -0.15) is 5.10 Å². The Bertz CT molecular complexity index is 1620. The number of anilines is 2. The number of nitrogens with one attached hydrogen (secondary N) is 2. The van der Waals surface area contributed by atoms with E-state index in [-0.39, 0.29) is 31.4 Å². The number of unbranched alkanes of at least 4 members (excludes halogenated alkanes) is 3. The second kappa shape index (κ2) is 17.3. The van der Waals surface area contributed by atoms with E-state index in [1.165, 1.54) is 4.90 Å². The number of hydrogen-bond donors (Lipinski definition) is 2. The normalized spacial score (nSPS) is 11.0. The van der Waals surface area contributed by atoms with Gasteiger partial charge in [-0.1, -0.05) is 44.4 Å². The van der Waals surface area contributed by atoms with Crippen LogP contribution in [0.3, 0.4) is 0 Å². The Kier molecular flexibility index (Phi) is 12.6. The van der Waals surface area contributed by atoms with Crippen molar-refractivity contribution >= 4 is 46.7 Å². The van der Waals surface area contributed by atoms with Crippen LogP contribution in [0.2, 0.25) is 0 Å². The van der Waals surface area contributed by atoms with Crippen LogP contribution in [0.1, 0.15) is 67.7 Å². The van der Waals surface area contributed by atoms with E-state index >= 15 is 0 Å². The Balaban J connectivity index is 1.36. The fraction of sp³-hybridized carbons (Fsp3) is 0.353. The number of hydrogen-bond acceptors (Lipinski definition) is 9. The molecular weight excluding hydrogens is 586 g/mol. The van der Waals surface area contributed by atoms with E-state index in [0.29, 0.717) is 30.0 Å². The molecule has 2 amide bonds. The molecule has 0 saturated carbocycles. The summed E-state index contributed by atoms with van der Waals surface area (Å²) in [6.07, 6.45) is 6.79. The number of aromatic nitrogens is 3. The monoisotopic (exact) mass is 627 g/mol. The molecule has 2 heterocycles. The highest BCUT2D eigenvalue weighted by Crippen LogP contribution is 2.21. The molecule has 2 aromatic carbocycles. The van der Waals surface area contributed by atoms with Crippen LogP contribution >= 0.6 is 0 Å². The van der Waals surface area contributed by atoms with Crippen LogP contribution < -0.4 is 15.6 Å². The predicted molar refractivity (Wildman–Crippen MR) is 178 cm³/mol. The molecule has 4 rings (SSSR count). The molecule has 0 unspecified atom stereocenters. The highest BCUT2D eigenvalue weighted by atomic mass is 16.6. The first-order valence-corrected chi connectivity index (χ1v) is 15.5. The molecule has 12 nitrogen and oxygen atoms in total. The third kappa shape index (κ3) is 9.62. The van der Waals surface area contributed by atoms with Crippen LogP contribution in [-0.2, 0) is 27.9 Å². The number of pyridine rings is 1. The summed E-state index contributed by atoms with van der Waals surface area (Å²) < 4.78 is 12.1. The van der Waals surface area contributed by atoms with Crippen LogP contribution in [0.25, 0.3) is 11.0 Å². The molecule has 4 aromatic rings. The van der Waals surface area contributed by atoms with Crippen LogP contribution in [0.15, 0.2) is 72.0 Å². The second-order valence-corrected chi connectivity index (χ2v) is 10.5. The number of carbonyl (C=O) groups excluding carboxylic acids is 3. The minimum atomic E-state index is -0.565. The van der Waals surface area contributed by atoms with Gasteiger partial charge in [-0.05, 0) is 61.4 Å². The van der Waals surface area contributed by atoms with Crippen molar-refractivity contribution in [2.75, 3.05) is 30.0 Å². The van der Waals surface area contributed by atoms with Crippen LogP contribution in [-0.4, -0.2) is 58.5 Å². The number of fused-ring (bicyclic) bond motifs is 1. The highest BCUT2D eigenvalue weighted by molar-refractivity contribution is 6.07. The number of rotatable bonds is 16. The van der Waals surface area contributed by atoms with Crippen molar-refractivity contribution in [2.45, 2.75) is 52.5 Å². The van der Waals surface area contributed by atoms with Crippen molar-refractivity contribution in [1.82, 2.24) is 20.0 Å². The van der Waals surface area contributed by atoms with Gasteiger partial charge in [0.2, 0.25) is 0 Å². The zero-order chi connectivity index (χ0) is 32.7. The number of nitrogens with zero attached hydrogens (tertiary/aromatic N) is 5. The maximum atomic E-state index is 13.6. The molecule has 0 aliphatic heterocycles. The smallest absolute Gasteiger partial charge is 0.427 e. The van der Waals surface area contributed by atoms with Gasteiger partial charge in [-0.25, -0.2) is 20.2 Å². The highest BCUT2D eigenvalue weighted by Gasteiger charge is 2.21. The van der Waals surface area contributed by atoms with Crippen molar-refractivity contribution < 1.29 is 23.9 Å². The Morgan fingerprint density at radius 2 is 1.83 bits per heavy atom. The van der Waals surface area contributed by atoms with E-state index in [0.717, 1.165) is 48.3 Å². The topological polar surface area (TPSA) is 140 Å². The minimum Gasteiger partial charge on any atom is -0.466 e. The standard InChI is InChI=1S/C34H41N7O5/c1-4-6-7-10-21-46-34(44)39-37-23-25-12-15-27(16-13-25)36-24-31-38-28-22-26(14-17-29(28)40(31)3)33(43)41(20-18-32(42)45-5-2)30-11-8-9-19-35-30/h8-9,11-17,19,22-23,36H,4-7,10,18,20-21,24H2,1-3H3,(H,39,44)/b37-23+. The summed E-state index contributed by atoms with van der Waals surface area (Å²) in [5.74, 6) is 0.575. The largest absolute Gasteiger partial charge is 0.466 e. The lowest BCUT2D eigenvalue weighted by Crippen LogP contribution is -2.34. The number of imidazole rings is 1. The van der Waals surface area contributed by atoms with Crippen molar-refractivity contribution in [2.24, 2.45) is 12.1 Å². The van der Waals surface area contributed by atoms with E-state index in [4.69, 9.17) is 14.5 Å². The molecule has 0 radical (unpaired) electrons. The van der Waals surface area contributed by atoms with Gasteiger partial charge in [0, 0.05) is 31.0 Å². The zero-order valence-electron chi connectivity index (χ0n) is 26.6. The van der Waals surface area contributed by atoms with E-state index in [9.17, 15) is 14.4 Å². The van der Waals surface area contributed by atoms with Crippen LogP contribution in [0, 0.1) is 0 Å². The lowest BCUT2D eigenvalue weighted by atomic mass is 10.1. The van der Waals surface area contributed by atoms with Crippen molar-refractivity contribution in [3.8, 4) is 0 Å². The van der Waals surface area contributed by atoms with Gasteiger partial charge in [0.15, 0.2) is 0 Å². The van der Waals surface area contributed by atoms with Crippen molar-refractivity contribution in [3.05, 3.63) is 83.8 Å². The molecule has 46 heavy (non-hydrogen) atoms. The Labute approximate surface area is 268 Å². The summed E-state index contributed by atoms with van der Waals surface area (Å²) in [4.78, 5) is 48.0. The molecule has 2 N–H and O–H groups in total. The maximum Gasteiger partial charge on any atom is 0.427 e. The number of esters is 1. The Morgan fingerprint density at radius 3 is 2.57 bits per heavy atom. The molecule has 0 fully saturated rings. The molecule has 0 bridgehead atoms. The average molecular weight is 628 g/mol. The Morgan fingerprint density at radius 1 is 1.00 bits per heavy atom. The van der Waals surface area contributed by atoms with E-state index in [2.05, 4.69) is 27.8 Å². The van der Waals surface area contributed by atoms with Gasteiger partial charge in [-0.3, -0.25) is 14.5 Å². The summed E-state index contributed by atoms with van der Waals surface area (Å²) in [5.41, 5.74) is 6.07. The summed E-state index contributed by atoms with van der Waals surface area (Å²) in [6, 6.07) is 18.3. The number of aryl methyl sites for hydroxylation is 1. The second-order valence-electron chi connectivity index (χ2n) is 10.5. The van der Waals surface area contributed by atoms with E-state index in [1.807, 2.05) is 41.9 Å². The molecule has 0 aliphatic rings. The summed E-state index contributed by atoms with van der Waals surface area (Å²) in [6.45, 7) is 5.13. The Hall–Kier alpha value is -5.26. The summed E-state index contributed by atoms with van der Waals surface area (Å²) >= 11 is 0. The molecule has 0 saturated heterocycles. The number of amides is 2. The summed E-state index contributed by atoms with van der Waals surface area (Å²) in [5, 5.41) is 7.33. The first-order valence-electron chi connectivity index (χ1n) is 15.5. The minimum absolute atomic E-state index is 0.0519. The average Bonchev–Trinajstić information content (AvgIpc) is 3.39. The quantitative estimate of drug-likeness (QED) is 0.0686. The third-order valence-corrected chi connectivity index (χ3v) is 7.20. The van der Waals surface area contributed by atoms with Crippen LogP contribution in [0.5, 0.6) is 0 Å². The molecule has 2 aromatic heterocycles. The third-order valence-electron chi connectivity index (χ3n) is 7.20. The van der Waals surface area contributed by atoms with E-state index < -0.39 is 6.09 Å². The number of carbonyl (C=O) groups is 3. The maximum absolute atomic E-state index is 13.6. The first-order chi connectivity index (χ1) is 22.4. The van der Waals surface area contributed by atoms with Gasteiger partial charge >= 0.3 is 12.1 Å². The van der Waals surface area contributed by atoms with Crippen molar-refractivity contribution in [1.29, 1.82) is 0 Å². The summed E-state index contributed by atoms with van der Waals surface area (Å²) in [7, 11) is 1.93. The zero-order valence-corrected chi connectivity index (χ0v) is 26.6. The molecule has 242 valence electrons.